The number of carbonyl (C=O) groups excluding carboxylic acids is 1. The number of hydrogen-bond acceptors (Lipinski definition) is 4. The van der Waals surface area contributed by atoms with E-state index in [1.165, 1.54) is 30.4 Å². The number of fused-ring (bicyclic) bond motifs is 3. The first-order valence-electron chi connectivity index (χ1n) is 13.1. The maximum atomic E-state index is 12.4. The van der Waals surface area contributed by atoms with Crippen LogP contribution in [0.2, 0.25) is 0 Å². The number of amides is 1. The minimum atomic E-state index is -0.860. The van der Waals surface area contributed by atoms with Crippen molar-refractivity contribution in [2.45, 2.75) is 89.1 Å². The molecule has 1 fully saturated rings. The van der Waals surface area contributed by atoms with Gasteiger partial charge in [0, 0.05) is 24.9 Å². The van der Waals surface area contributed by atoms with E-state index in [1.54, 1.807) is 6.20 Å². The number of benzene rings is 1. The van der Waals surface area contributed by atoms with Crippen molar-refractivity contribution in [3.63, 3.8) is 0 Å². The molecule has 5 nitrogen and oxygen atoms in total. The van der Waals surface area contributed by atoms with E-state index in [2.05, 4.69) is 41.2 Å². The molecule has 1 heterocycles. The van der Waals surface area contributed by atoms with E-state index < -0.39 is 11.7 Å². The molecule has 3 atom stereocenters. The third-order valence-electron chi connectivity index (χ3n) is 7.90. The molecule has 2 aromatic rings. The molecule has 4 rings (SSSR count). The van der Waals surface area contributed by atoms with Gasteiger partial charge in [-0.1, -0.05) is 44.2 Å². The van der Waals surface area contributed by atoms with Crippen LogP contribution in [-0.2, 0) is 18.3 Å². The quantitative estimate of drug-likeness (QED) is 0.379. The highest BCUT2D eigenvalue weighted by Crippen LogP contribution is 2.55. The summed E-state index contributed by atoms with van der Waals surface area (Å²) >= 11 is 0. The highest BCUT2D eigenvalue weighted by Gasteiger charge is 2.50. The molecule has 5 heteroatoms. The second-order valence-corrected chi connectivity index (χ2v) is 10.2. The highest BCUT2D eigenvalue weighted by atomic mass is 16.6. The Hall–Kier alpha value is -2.84. The average Bonchev–Trinajstić information content (AvgIpc) is 2.85. The van der Waals surface area contributed by atoms with Crippen molar-refractivity contribution in [1.82, 2.24) is 10.3 Å². The minimum absolute atomic E-state index is 0.0773. The molecular weight excluding hydrogens is 436 g/mol. The Morgan fingerprint density at radius 2 is 2.14 bits per heavy atom. The second kappa shape index (κ2) is 11.3. The summed E-state index contributed by atoms with van der Waals surface area (Å²) in [6.07, 6.45) is 11.1. The highest BCUT2D eigenvalue weighted by molar-refractivity contribution is 5.70. The van der Waals surface area contributed by atoms with Gasteiger partial charge in [0.1, 0.15) is 11.4 Å². The molecule has 0 bridgehead atoms. The van der Waals surface area contributed by atoms with Gasteiger partial charge in [0.15, 0.2) is 0 Å². The van der Waals surface area contributed by atoms with Crippen molar-refractivity contribution < 1.29 is 14.6 Å². The first-order chi connectivity index (χ1) is 17.0. The number of aryl methyl sites for hydroxylation is 1. The number of ether oxygens (including phenoxy) is 1. The first kappa shape index (κ1) is 25.3. The molecule has 186 valence electrons. The van der Waals surface area contributed by atoms with Crippen LogP contribution >= 0.6 is 0 Å². The van der Waals surface area contributed by atoms with Gasteiger partial charge in [0.25, 0.3) is 0 Å². The molecule has 0 saturated heterocycles. The van der Waals surface area contributed by atoms with Gasteiger partial charge in [-0.3, -0.25) is 4.98 Å². The summed E-state index contributed by atoms with van der Waals surface area (Å²) in [5.41, 5.74) is 2.83. The monoisotopic (exact) mass is 474 g/mol. The maximum Gasteiger partial charge on any atom is 0.412 e. The van der Waals surface area contributed by atoms with Crippen LogP contribution < -0.4 is 10.1 Å². The zero-order chi connectivity index (χ0) is 24.7. The molecule has 35 heavy (non-hydrogen) atoms. The van der Waals surface area contributed by atoms with E-state index in [-0.39, 0.29) is 5.41 Å². The topological polar surface area (TPSA) is 71.5 Å². The largest absolute Gasteiger partial charge is 0.412 e. The molecular formula is C30H38N2O3. The van der Waals surface area contributed by atoms with E-state index in [9.17, 15) is 9.90 Å². The molecule has 2 aliphatic carbocycles. The lowest BCUT2D eigenvalue weighted by atomic mass is 9.53. The fourth-order valence-electron chi connectivity index (χ4n) is 6.21. The fraction of sp³-hybridized carbons (Fsp3) is 0.533. The Balaban J connectivity index is 1.46. The lowest BCUT2D eigenvalue weighted by Crippen LogP contribution is -2.49. The number of unbranched alkanes of at least 4 members (excludes halogenated alkanes) is 2. The predicted molar refractivity (Wildman–Crippen MR) is 138 cm³/mol. The minimum Gasteiger partial charge on any atom is -0.410 e. The van der Waals surface area contributed by atoms with E-state index in [0.29, 0.717) is 31.1 Å². The van der Waals surface area contributed by atoms with E-state index in [0.717, 1.165) is 37.8 Å². The SMILES string of the molecule is CC#C[C@@]1(O)CC[C@]2(CCCCC)c3ccc(OC(=O)NCCc4ccccn4)cc3CC[C@H]2C1. The molecule has 0 spiro atoms. The zero-order valence-electron chi connectivity index (χ0n) is 21.1. The Bertz CT molecular complexity index is 1070. The summed E-state index contributed by atoms with van der Waals surface area (Å²) in [4.78, 5) is 16.7. The van der Waals surface area contributed by atoms with Crippen molar-refractivity contribution in [2.24, 2.45) is 5.92 Å². The Kier molecular flexibility index (Phi) is 8.13. The molecule has 1 aromatic heterocycles. The third-order valence-corrected chi connectivity index (χ3v) is 7.90. The summed E-state index contributed by atoms with van der Waals surface area (Å²) < 4.78 is 5.62. The van der Waals surface area contributed by atoms with Crippen molar-refractivity contribution >= 4 is 6.09 Å². The second-order valence-electron chi connectivity index (χ2n) is 10.2. The Morgan fingerprint density at radius 3 is 2.91 bits per heavy atom. The number of hydrogen-bond donors (Lipinski definition) is 2. The molecule has 1 aromatic carbocycles. The molecule has 2 aliphatic rings. The van der Waals surface area contributed by atoms with Crippen molar-refractivity contribution in [1.29, 1.82) is 0 Å². The van der Waals surface area contributed by atoms with Gasteiger partial charge in [-0.15, -0.1) is 5.92 Å². The van der Waals surface area contributed by atoms with Crippen LogP contribution in [0.1, 0.15) is 82.0 Å². The summed E-state index contributed by atoms with van der Waals surface area (Å²) in [6, 6.07) is 11.9. The zero-order valence-corrected chi connectivity index (χ0v) is 21.1. The standard InChI is InChI=1S/C30H38N2O3/c1-3-5-7-16-30-18-17-29(34,15-4-2)22-24(30)11-10-23-21-26(12-13-27(23)30)35-28(33)32-20-14-25-9-6-8-19-31-25/h6,8-9,12-13,19,21,24,34H,3,5,7,10-11,14,16-18,20,22H2,1-2H3,(H,32,33)/t24-,29+,30-/m0/s1. The number of aliphatic hydroxyl groups is 1. The number of carbonyl (C=O) groups is 1. The van der Waals surface area contributed by atoms with Crippen molar-refractivity contribution in [3.05, 3.63) is 59.4 Å². The van der Waals surface area contributed by atoms with Gasteiger partial charge in [-0.05, 0) is 92.2 Å². The Morgan fingerprint density at radius 1 is 1.26 bits per heavy atom. The van der Waals surface area contributed by atoms with Gasteiger partial charge in [-0.25, -0.2) is 4.79 Å². The molecule has 2 N–H and O–H groups in total. The smallest absolute Gasteiger partial charge is 0.410 e. The molecule has 1 saturated carbocycles. The van der Waals surface area contributed by atoms with Gasteiger partial charge >= 0.3 is 6.09 Å². The number of nitrogens with zero attached hydrogens (tertiary/aromatic N) is 1. The van der Waals surface area contributed by atoms with Crippen LogP contribution in [0.4, 0.5) is 4.79 Å². The van der Waals surface area contributed by atoms with Gasteiger partial charge in [0.2, 0.25) is 0 Å². The van der Waals surface area contributed by atoms with E-state index in [1.807, 2.05) is 31.2 Å². The number of rotatable bonds is 8. The molecule has 0 radical (unpaired) electrons. The normalized spacial score (nSPS) is 24.9. The van der Waals surface area contributed by atoms with Crippen molar-refractivity contribution in [3.8, 4) is 17.6 Å². The molecule has 0 unspecified atom stereocenters. The first-order valence-corrected chi connectivity index (χ1v) is 13.1. The Labute approximate surface area is 209 Å². The summed E-state index contributed by atoms with van der Waals surface area (Å²) in [6.45, 7) is 4.53. The predicted octanol–water partition coefficient (Wildman–Crippen LogP) is 5.73. The van der Waals surface area contributed by atoms with Crippen LogP contribution in [0.25, 0.3) is 0 Å². The van der Waals surface area contributed by atoms with Crippen LogP contribution in [0.15, 0.2) is 42.6 Å². The molecule has 1 amide bonds. The van der Waals surface area contributed by atoms with E-state index in [4.69, 9.17) is 4.74 Å². The third kappa shape index (κ3) is 5.87. The van der Waals surface area contributed by atoms with Crippen LogP contribution in [0.3, 0.4) is 0 Å². The lowest BCUT2D eigenvalue weighted by Gasteiger charge is -2.52. The molecule has 0 aliphatic heterocycles. The van der Waals surface area contributed by atoms with Crippen molar-refractivity contribution in [2.75, 3.05) is 6.54 Å². The summed E-state index contributed by atoms with van der Waals surface area (Å²) in [5, 5.41) is 13.9. The average molecular weight is 475 g/mol. The van der Waals surface area contributed by atoms with Crippen LogP contribution in [-0.4, -0.2) is 28.3 Å². The summed E-state index contributed by atoms with van der Waals surface area (Å²) in [7, 11) is 0. The van der Waals surface area contributed by atoms with Crippen LogP contribution in [0, 0.1) is 17.8 Å². The van der Waals surface area contributed by atoms with Gasteiger partial charge in [0.05, 0.1) is 0 Å². The van der Waals surface area contributed by atoms with Crippen LogP contribution in [0.5, 0.6) is 5.75 Å². The maximum absolute atomic E-state index is 12.4. The number of nitrogens with one attached hydrogen (secondary N) is 1. The summed E-state index contributed by atoms with van der Waals surface area (Å²) in [5.74, 6) is 7.06. The van der Waals surface area contributed by atoms with Gasteiger partial charge in [-0.2, -0.15) is 0 Å². The fourth-order valence-corrected chi connectivity index (χ4v) is 6.21. The number of aromatic nitrogens is 1. The van der Waals surface area contributed by atoms with Gasteiger partial charge < -0.3 is 15.2 Å². The van der Waals surface area contributed by atoms with E-state index >= 15 is 0 Å². The number of pyridine rings is 1. The lowest BCUT2D eigenvalue weighted by molar-refractivity contribution is -0.0115.